The molecule has 1 saturated carbocycles. The minimum atomic E-state index is -0.629. The predicted octanol–water partition coefficient (Wildman–Crippen LogP) is 3.12. The van der Waals surface area contributed by atoms with Gasteiger partial charge in [0.2, 0.25) is 5.91 Å². The molecule has 0 heterocycles. The highest BCUT2D eigenvalue weighted by molar-refractivity contribution is 5.77. The molecule has 0 bridgehead atoms. The molecule has 4 nitrogen and oxygen atoms in total. The van der Waals surface area contributed by atoms with Crippen LogP contribution in [0.5, 0.6) is 0 Å². The smallest absolute Gasteiger partial charge is 0.222 e. The van der Waals surface area contributed by atoms with E-state index in [-0.39, 0.29) is 11.8 Å². The van der Waals surface area contributed by atoms with Crippen LogP contribution in [-0.2, 0) is 4.79 Å². The zero-order valence-electron chi connectivity index (χ0n) is 15.3. The minimum Gasteiger partial charge on any atom is -0.393 e. The summed E-state index contributed by atoms with van der Waals surface area (Å²) in [7, 11) is 0. The fourth-order valence-corrected chi connectivity index (χ4v) is 2.70. The lowest BCUT2D eigenvalue weighted by atomic mass is 9.86. The second kappa shape index (κ2) is 10.5. The molecule has 0 spiro atoms. The first-order valence-corrected chi connectivity index (χ1v) is 9.00. The molecule has 1 amide bonds. The Labute approximate surface area is 146 Å². The number of aliphatic hydroxyl groups excluding tert-OH is 2. The Morgan fingerprint density at radius 2 is 2.08 bits per heavy atom. The Bertz CT molecular complexity index is 479. The summed E-state index contributed by atoms with van der Waals surface area (Å²) in [4.78, 5) is 11.5. The molecule has 24 heavy (non-hydrogen) atoms. The van der Waals surface area contributed by atoms with Crippen molar-refractivity contribution in [3.63, 3.8) is 0 Å². The van der Waals surface area contributed by atoms with Gasteiger partial charge in [0.25, 0.3) is 0 Å². The summed E-state index contributed by atoms with van der Waals surface area (Å²) < 4.78 is 0. The van der Waals surface area contributed by atoms with Crippen LogP contribution in [0.4, 0.5) is 0 Å². The third-order valence-corrected chi connectivity index (χ3v) is 4.42. The molecule has 0 aromatic rings. The minimum absolute atomic E-state index is 0.0414. The summed E-state index contributed by atoms with van der Waals surface area (Å²) in [6.07, 6.45) is 8.99. The molecule has 0 radical (unpaired) electrons. The second-order valence-electron chi connectivity index (χ2n) is 7.19. The fraction of sp³-hybridized carbons (Fsp3) is 0.650. The van der Waals surface area contributed by atoms with Crippen LogP contribution in [0.2, 0.25) is 0 Å². The third-order valence-electron chi connectivity index (χ3n) is 4.42. The van der Waals surface area contributed by atoms with Crippen molar-refractivity contribution in [1.29, 1.82) is 0 Å². The van der Waals surface area contributed by atoms with Gasteiger partial charge in [0.1, 0.15) is 0 Å². The summed E-state index contributed by atoms with van der Waals surface area (Å²) in [5.74, 6) is 0.632. The van der Waals surface area contributed by atoms with Gasteiger partial charge in [-0.05, 0) is 42.7 Å². The molecule has 136 valence electrons. The van der Waals surface area contributed by atoms with Crippen LogP contribution in [0.25, 0.3) is 0 Å². The quantitative estimate of drug-likeness (QED) is 0.597. The fourth-order valence-electron chi connectivity index (χ4n) is 2.70. The van der Waals surface area contributed by atoms with Gasteiger partial charge in [0, 0.05) is 18.9 Å². The average molecular weight is 335 g/mol. The topological polar surface area (TPSA) is 69.6 Å². The molecule has 0 aromatic heterocycles. The van der Waals surface area contributed by atoms with Crippen LogP contribution in [0.1, 0.15) is 52.9 Å². The number of unbranched alkanes of at least 4 members (excludes halogenated alkanes) is 1. The van der Waals surface area contributed by atoms with Crippen LogP contribution in [0.15, 0.2) is 36.0 Å². The van der Waals surface area contributed by atoms with Crippen LogP contribution < -0.4 is 5.32 Å². The monoisotopic (exact) mass is 335 g/mol. The molecule has 3 N–H and O–H groups in total. The standard InChI is InChI=1S/C20H33NO3/c1-14(2)20(24)21-13-15(3)9-7-5-6-8-10-17-11-18(22)12-19(23)16(17)4/h6,8,10,14-15,18-19,22-23H,4-5,7,9,11-13H2,1-3H3,(H,21,24)/t15-,18+,19-/m0/s1. The van der Waals surface area contributed by atoms with E-state index < -0.39 is 12.2 Å². The summed E-state index contributed by atoms with van der Waals surface area (Å²) in [5.41, 5.74) is 1.65. The molecule has 1 aliphatic rings. The first-order chi connectivity index (χ1) is 11.3. The van der Waals surface area contributed by atoms with Gasteiger partial charge in [-0.3, -0.25) is 4.79 Å². The molecule has 4 heteroatoms. The summed E-state index contributed by atoms with van der Waals surface area (Å²) in [6, 6.07) is 0. The van der Waals surface area contributed by atoms with E-state index in [2.05, 4.69) is 24.9 Å². The summed E-state index contributed by atoms with van der Waals surface area (Å²) in [6.45, 7) is 10.6. The van der Waals surface area contributed by atoms with E-state index in [0.717, 1.165) is 37.0 Å². The Kier molecular flexibility index (Phi) is 9.01. The molecule has 0 aromatic carbocycles. The van der Waals surface area contributed by atoms with Crippen molar-refractivity contribution >= 4 is 5.91 Å². The third kappa shape index (κ3) is 7.45. The van der Waals surface area contributed by atoms with E-state index in [1.54, 1.807) is 0 Å². The number of allylic oxidation sites excluding steroid dienone is 3. The lowest BCUT2D eigenvalue weighted by Crippen LogP contribution is -2.31. The Morgan fingerprint density at radius 3 is 2.75 bits per heavy atom. The van der Waals surface area contributed by atoms with E-state index in [1.807, 2.05) is 26.0 Å². The Hall–Kier alpha value is -1.39. The maximum atomic E-state index is 11.5. The van der Waals surface area contributed by atoms with Crippen molar-refractivity contribution in [2.45, 2.75) is 65.1 Å². The van der Waals surface area contributed by atoms with E-state index in [9.17, 15) is 15.0 Å². The van der Waals surface area contributed by atoms with E-state index in [4.69, 9.17) is 0 Å². The van der Waals surface area contributed by atoms with Gasteiger partial charge in [-0.1, -0.05) is 45.6 Å². The van der Waals surface area contributed by atoms with Crippen molar-refractivity contribution < 1.29 is 15.0 Å². The molecule has 3 atom stereocenters. The van der Waals surface area contributed by atoms with Crippen LogP contribution in [-0.4, -0.2) is 34.9 Å². The summed E-state index contributed by atoms with van der Waals surface area (Å²) in [5, 5.41) is 22.5. The summed E-state index contributed by atoms with van der Waals surface area (Å²) >= 11 is 0. The Balaban J connectivity index is 2.24. The number of aliphatic hydroxyl groups is 2. The second-order valence-corrected chi connectivity index (χ2v) is 7.19. The van der Waals surface area contributed by atoms with Crippen molar-refractivity contribution in [2.24, 2.45) is 11.8 Å². The van der Waals surface area contributed by atoms with Crippen molar-refractivity contribution in [3.8, 4) is 0 Å². The number of hydrogen-bond donors (Lipinski definition) is 3. The van der Waals surface area contributed by atoms with E-state index in [0.29, 0.717) is 18.8 Å². The van der Waals surface area contributed by atoms with Crippen LogP contribution >= 0.6 is 0 Å². The predicted molar refractivity (Wildman–Crippen MR) is 98.5 cm³/mol. The number of amides is 1. The van der Waals surface area contributed by atoms with Gasteiger partial charge in [0.05, 0.1) is 12.2 Å². The lowest BCUT2D eigenvalue weighted by molar-refractivity contribution is -0.124. The largest absolute Gasteiger partial charge is 0.393 e. The molecule has 0 unspecified atom stereocenters. The number of hydrogen-bond acceptors (Lipinski definition) is 3. The van der Waals surface area contributed by atoms with Crippen LogP contribution in [0.3, 0.4) is 0 Å². The maximum Gasteiger partial charge on any atom is 0.222 e. The highest BCUT2D eigenvalue weighted by Gasteiger charge is 2.24. The van der Waals surface area contributed by atoms with Gasteiger partial charge in [-0.2, -0.15) is 0 Å². The molecule has 1 rings (SSSR count). The maximum absolute atomic E-state index is 11.5. The van der Waals surface area contributed by atoms with E-state index in [1.165, 1.54) is 0 Å². The zero-order valence-corrected chi connectivity index (χ0v) is 15.3. The molecular weight excluding hydrogens is 302 g/mol. The molecule has 1 aliphatic carbocycles. The number of carbonyl (C=O) groups excluding carboxylic acids is 1. The van der Waals surface area contributed by atoms with Crippen molar-refractivity contribution in [2.75, 3.05) is 6.54 Å². The van der Waals surface area contributed by atoms with E-state index >= 15 is 0 Å². The van der Waals surface area contributed by atoms with Gasteiger partial charge in [-0.25, -0.2) is 0 Å². The Morgan fingerprint density at radius 1 is 1.38 bits per heavy atom. The first-order valence-electron chi connectivity index (χ1n) is 9.00. The number of carbonyl (C=O) groups is 1. The number of rotatable bonds is 8. The van der Waals surface area contributed by atoms with Gasteiger partial charge in [-0.15, -0.1) is 0 Å². The molecule has 1 fully saturated rings. The van der Waals surface area contributed by atoms with Gasteiger partial charge < -0.3 is 15.5 Å². The normalized spacial score (nSPS) is 24.8. The van der Waals surface area contributed by atoms with Crippen molar-refractivity contribution in [1.82, 2.24) is 5.32 Å². The highest BCUT2D eigenvalue weighted by Crippen LogP contribution is 2.28. The van der Waals surface area contributed by atoms with Crippen LogP contribution in [0, 0.1) is 11.8 Å². The molecular formula is C20H33NO3. The average Bonchev–Trinajstić information content (AvgIpc) is 2.52. The first kappa shape index (κ1) is 20.7. The highest BCUT2D eigenvalue weighted by atomic mass is 16.3. The van der Waals surface area contributed by atoms with Crippen molar-refractivity contribution in [3.05, 3.63) is 36.0 Å². The van der Waals surface area contributed by atoms with Gasteiger partial charge in [0.15, 0.2) is 0 Å². The molecule has 0 saturated heterocycles. The molecule has 0 aliphatic heterocycles. The SMILES string of the molecule is C=C1C(=CC=CCCC[C@H](C)CNC(=O)C(C)C)C[C@@H](O)C[C@@H]1O. The lowest BCUT2D eigenvalue weighted by Gasteiger charge is -2.26. The van der Waals surface area contributed by atoms with Gasteiger partial charge >= 0.3 is 0 Å². The zero-order chi connectivity index (χ0) is 18.1. The number of nitrogens with one attached hydrogen (secondary N) is 1.